The average Bonchev–Trinajstić information content (AvgIpc) is 2.16. The number of aliphatic hydroxyl groups excluding tert-OH is 1. The Morgan fingerprint density at radius 1 is 1.38 bits per heavy atom. The third-order valence-electron chi connectivity index (χ3n) is 2.17. The number of aliphatic hydroxyl groups is 1. The SMILES string of the molecule is Cc1cc(CO)ccc1CCCCl. The van der Waals surface area contributed by atoms with Gasteiger partial charge in [-0.05, 0) is 36.5 Å². The quantitative estimate of drug-likeness (QED) is 0.738. The number of alkyl halides is 1. The van der Waals surface area contributed by atoms with Crippen LogP contribution in [-0.2, 0) is 13.0 Å². The first-order chi connectivity index (χ1) is 6.27. The lowest BCUT2D eigenvalue weighted by atomic mass is 10.0. The Hall–Kier alpha value is -0.530. The summed E-state index contributed by atoms with van der Waals surface area (Å²) in [5, 5.41) is 8.91. The molecule has 1 N–H and O–H groups in total. The zero-order valence-electron chi connectivity index (χ0n) is 7.89. The molecule has 0 fully saturated rings. The molecule has 0 aliphatic carbocycles. The molecular weight excluding hydrogens is 184 g/mol. The zero-order chi connectivity index (χ0) is 9.68. The van der Waals surface area contributed by atoms with E-state index in [1.807, 2.05) is 12.1 Å². The first-order valence-corrected chi connectivity index (χ1v) is 5.06. The number of aryl methyl sites for hydroxylation is 2. The van der Waals surface area contributed by atoms with Gasteiger partial charge in [-0.15, -0.1) is 11.6 Å². The number of rotatable bonds is 4. The van der Waals surface area contributed by atoms with E-state index in [9.17, 15) is 0 Å². The second kappa shape index (κ2) is 5.25. The average molecular weight is 199 g/mol. The molecule has 2 heteroatoms. The van der Waals surface area contributed by atoms with E-state index in [0.29, 0.717) is 5.88 Å². The Morgan fingerprint density at radius 2 is 2.15 bits per heavy atom. The van der Waals surface area contributed by atoms with Crippen LogP contribution in [0.3, 0.4) is 0 Å². The summed E-state index contributed by atoms with van der Waals surface area (Å²) in [6.45, 7) is 2.19. The van der Waals surface area contributed by atoms with E-state index in [1.165, 1.54) is 11.1 Å². The second-order valence-electron chi connectivity index (χ2n) is 3.21. The summed E-state index contributed by atoms with van der Waals surface area (Å²) >= 11 is 5.62. The molecule has 1 nitrogen and oxygen atoms in total. The van der Waals surface area contributed by atoms with Crippen molar-refractivity contribution in [3.8, 4) is 0 Å². The van der Waals surface area contributed by atoms with Gasteiger partial charge in [-0.2, -0.15) is 0 Å². The van der Waals surface area contributed by atoms with Gasteiger partial charge in [-0.1, -0.05) is 18.2 Å². The Balaban J connectivity index is 2.73. The maximum atomic E-state index is 8.91. The lowest BCUT2D eigenvalue weighted by Gasteiger charge is -2.06. The number of benzene rings is 1. The van der Waals surface area contributed by atoms with Crippen LogP contribution in [-0.4, -0.2) is 11.0 Å². The van der Waals surface area contributed by atoms with E-state index in [-0.39, 0.29) is 6.61 Å². The van der Waals surface area contributed by atoms with Crippen LogP contribution in [0.25, 0.3) is 0 Å². The predicted octanol–water partition coefficient (Wildman–Crippen LogP) is 2.66. The third kappa shape index (κ3) is 3.02. The van der Waals surface area contributed by atoms with Gasteiger partial charge in [0, 0.05) is 5.88 Å². The highest BCUT2D eigenvalue weighted by Crippen LogP contribution is 2.13. The minimum atomic E-state index is 0.122. The molecule has 0 aliphatic heterocycles. The van der Waals surface area contributed by atoms with Gasteiger partial charge in [0.2, 0.25) is 0 Å². The molecule has 1 aromatic carbocycles. The molecule has 0 atom stereocenters. The van der Waals surface area contributed by atoms with Crippen LogP contribution in [0, 0.1) is 6.92 Å². The first kappa shape index (κ1) is 10.6. The van der Waals surface area contributed by atoms with Crippen LogP contribution in [0.15, 0.2) is 18.2 Å². The van der Waals surface area contributed by atoms with E-state index in [4.69, 9.17) is 16.7 Å². The molecule has 0 aromatic heterocycles. The van der Waals surface area contributed by atoms with Crippen molar-refractivity contribution in [2.45, 2.75) is 26.4 Å². The Labute approximate surface area is 84.4 Å². The molecule has 0 saturated heterocycles. The van der Waals surface area contributed by atoms with E-state index < -0.39 is 0 Å². The molecule has 1 rings (SSSR count). The fourth-order valence-electron chi connectivity index (χ4n) is 1.39. The fourth-order valence-corrected chi connectivity index (χ4v) is 1.53. The Kier molecular flexibility index (Phi) is 4.26. The van der Waals surface area contributed by atoms with E-state index >= 15 is 0 Å². The van der Waals surface area contributed by atoms with Crippen molar-refractivity contribution in [1.29, 1.82) is 0 Å². The highest BCUT2D eigenvalue weighted by Gasteiger charge is 1.98. The van der Waals surface area contributed by atoms with Gasteiger partial charge in [-0.3, -0.25) is 0 Å². The molecular formula is C11H15ClO. The molecule has 0 aliphatic rings. The van der Waals surface area contributed by atoms with Gasteiger partial charge < -0.3 is 5.11 Å². The van der Waals surface area contributed by atoms with Crippen LogP contribution >= 0.6 is 11.6 Å². The van der Waals surface area contributed by atoms with Crippen LogP contribution in [0.2, 0.25) is 0 Å². The summed E-state index contributed by atoms with van der Waals surface area (Å²) < 4.78 is 0. The molecule has 0 amide bonds. The topological polar surface area (TPSA) is 20.2 Å². The van der Waals surface area contributed by atoms with Crippen LogP contribution in [0.5, 0.6) is 0 Å². The largest absolute Gasteiger partial charge is 0.392 e. The molecule has 1 aromatic rings. The Morgan fingerprint density at radius 3 is 2.69 bits per heavy atom. The van der Waals surface area contributed by atoms with Crippen molar-refractivity contribution < 1.29 is 5.11 Å². The summed E-state index contributed by atoms with van der Waals surface area (Å²) in [4.78, 5) is 0. The lowest BCUT2D eigenvalue weighted by molar-refractivity contribution is 0.281. The maximum absolute atomic E-state index is 8.91. The minimum Gasteiger partial charge on any atom is -0.392 e. The van der Waals surface area contributed by atoms with Gasteiger partial charge in [0.15, 0.2) is 0 Å². The summed E-state index contributed by atoms with van der Waals surface area (Å²) in [7, 11) is 0. The summed E-state index contributed by atoms with van der Waals surface area (Å²) in [6, 6.07) is 6.08. The van der Waals surface area contributed by atoms with Crippen molar-refractivity contribution in [2.75, 3.05) is 5.88 Å². The normalized spacial score (nSPS) is 10.4. The predicted molar refractivity (Wildman–Crippen MR) is 56.1 cm³/mol. The maximum Gasteiger partial charge on any atom is 0.0681 e. The molecule has 0 spiro atoms. The molecule has 0 unspecified atom stereocenters. The van der Waals surface area contributed by atoms with Crippen LogP contribution < -0.4 is 0 Å². The molecule has 13 heavy (non-hydrogen) atoms. The molecule has 0 heterocycles. The number of hydrogen-bond acceptors (Lipinski definition) is 1. The molecule has 0 bridgehead atoms. The first-order valence-electron chi connectivity index (χ1n) is 4.53. The van der Waals surface area contributed by atoms with Gasteiger partial charge >= 0.3 is 0 Å². The summed E-state index contributed by atoms with van der Waals surface area (Å²) in [6.07, 6.45) is 2.04. The van der Waals surface area contributed by atoms with E-state index in [0.717, 1.165) is 18.4 Å². The number of halogens is 1. The van der Waals surface area contributed by atoms with Gasteiger partial charge in [0.25, 0.3) is 0 Å². The van der Waals surface area contributed by atoms with Crippen LogP contribution in [0.4, 0.5) is 0 Å². The van der Waals surface area contributed by atoms with Crippen molar-refractivity contribution in [3.63, 3.8) is 0 Å². The molecule has 0 saturated carbocycles. The van der Waals surface area contributed by atoms with Crippen molar-refractivity contribution in [2.24, 2.45) is 0 Å². The highest BCUT2D eigenvalue weighted by atomic mass is 35.5. The minimum absolute atomic E-state index is 0.122. The van der Waals surface area contributed by atoms with Crippen molar-refractivity contribution >= 4 is 11.6 Å². The standard InChI is InChI=1S/C11H15ClO/c1-9-7-10(8-13)4-5-11(9)3-2-6-12/h4-5,7,13H,2-3,6,8H2,1H3. The smallest absolute Gasteiger partial charge is 0.0681 e. The lowest BCUT2D eigenvalue weighted by Crippen LogP contribution is -1.93. The molecule has 72 valence electrons. The number of hydrogen-bond donors (Lipinski definition) is 1. The van der Waals surface area contributed by atoms with Gasteiger partial charge in [0.05, 0.1) is 6.61 Å². The zero-order valence-corrected chi connectivity index (χ0v) is 8.64. The van der Waals surface area contributed by atoms with Crippen molar-refractivity contribution in [1.82, 2.24) is 0 Å². The molecule has 0 radical (unpaired) electrons. The fraction of sp³-hybridized carbons (Fsp3) is 0.455. The van der Waals surface area contributed by atoms with Crippen LogP contribution in [0.1, 0.15) is 23.1 Å². The Bertz CT molecular complexity index is 271. The van der Waals surface area contributed by atoms with E-state index in [1.54, 1.807) is 0 Å². The third-order valence-corrected chi connectivity index (χ3v) is 2.44. The van der Waals surface area contributed by atoms with E-state index in [2.05, 4.69) is 13.0 Å². The van der Waals surface area contributed by atoms with Crippen molar-refractivity contribution in [3.05, 3.63) is 34.9 Å². The van der Waals surface area contributed by atoms with Gasteiger partial charge in [0.1, 0.15) is 0 Å². The highest BCUT2D eigenvalue weighted by molar-refractivity contribution is 6.17. The summed E-state index contributed by atoms with van der Waals surface area (Å²) in [5.74, 6) is 0.710. The van der Waals surface area contributed by atoms with Gasteiger partial charge in [-0.25, -0.2) is 0 Å². The monoisotopic (exact) mass is 198 g/mol. The summed E-state index contributed by atoms with van der Waals surface area (Å²) in [5.41, 5.74) is 3.56. The second-order valence-corrected chi connectivity index (χ2v) is 3.59.